The Balaban J connectivity index is 2.59. The molecule has 0 aliphatic carbocycles. The number of rotatable bonds is 1. The molecule has 1 aromatic carbocycles. The first-order valence-corrected chi connectivity index (χ1v) is 5.25. The van der Waals surface area contributed by atoms with Crippen LogP contribution in [0.1, 0.15) is 11.1 Å². The highest BCUT2D eigenvalue weighted by atomic mass is 19.4. The van der Waals surface area contributed by atoms with Crippen LogP contribution in [0.15, 0.2) is 41.3 Å². The minimum Gasteiger partial charge on any atom is -0.361 e. The SMILES string of the molecule is Cc1c(-c2cccc(C(F)(F)F)c2)[nH]ccc1=O. The van der Waals surface area contributed by atoms with Gasteiger partial charge in [-0.05, 0) is 24.6 Å². The van der Waals surface area contributed by atoms with Crippen molar-refractivity contribution >= 4 is 0 Å². The fourth-order valence-electron chi connectivity index (χ4n) is 1.71. The molecular weight excluding hydrogens is 243 g/mol. The molecule has 0 atom stereocenters. The summed E-state index contributed by atoms with van der Waals surface area (Å²) in [5.41, 5.74) is 0.218. The van der Waals surface area contributed by atoms with E-state index in [2.05, 4.69) is 4.98 Å². The van der Waals surface area contributed by atoms with Gasteiger partial charge in [-0.15, -0.1) is 0 Å². The Morgan fingerprint density at radius 1 is 1.17 bits per heavy atom. The number of benzene rings is 1. The Kier molecular flexibility index (Phi) is 2.98. The number of aromatic amines is 1. The molecule has 18 heavy (non-hydrogen) atoms. The van der Waals surface area contributed by atoms with Gasteiger partial charge in [-0.25, -0.2) is 0 Å². The van der Waals surface area contributed by atoms with Gasteiger partial charge in [0.1, 0.15) is 0 Å². The fraction of sp³-hybridized carbons (Fsp3) is 0.154. The number of nitrogens with one attached hydrogen (secondary N) is 1. The Labute approximate surface area is 101 Å². The second kappa shape index (κ2) is 4.33. The lowest BCUT2D eigenvalue weighted by atomic mass is 10.0. The van der Waals surface area contributed by atoms with Gasteiger partial charge in [0.25, 0.3) is 0 Å². The fourth-order valence-corrected chi connectivity index (χ4v) is 1.71. The summed E-state index contributed by atoms with van der Waals surface area (Å²) in [5.74, 6) is 0. The maximum atomic E-state index is 12.6. The molecule has 1 aromatic heterocycles. The second-order valence-corrected chi connectivity index (χ2v) is 3.92. The molecular formula is C13H10F3NO. The Bertz CT molecular complexity index is 629. The normalized spacial score (nSPS) is 11.6. The molecule has 1 N–H and O–H groups in total. The number of halogens is 3. The highest BCUT2D eigenvalue weighted by Crippen LogP contribution is 2.31. The van der Waals surface area contributed by atoms with Gasteiger partial charge < -0.3 is 4.98 Å². The highest BCUT2D eigenvalue weighted by Gasteiger charge is 2.30. The van der Waals surface area contributed by atoms with Gasteiger partial charge in [0.15, 0.2) is 5.43 Å². The smallest absolute Gasteiger partial charge is 0.361 e. The average Bonchev–Trinajstić information content (AvgIpc) is 2.32. The molecule has 94 valence electrons. The third kappa shape index (κ3) is 2.30. The number of hydrogen-bond donors (Lipinski definition) is 1. The third-order valence-corrected chi connectivity index (χ3v) is 2.69. The van der Waals surface area contributed by atoms with Crippen molar-refractivity contribution in [2.75, 3.05) is 0 Å². The first-order chi connectivity index (χ1) is 8.39. The van der Waals surface area contributed by atoms with E-state index in [-0.39, 0.29) is 5.43 Å². The van der Waals surface area contributed by atoms with Crippen LogP contribution < -0.4 is 5.43 Å². The van der Waals surface area contributed by atoms with Crippen molar-refractivity contribution in [1.29, 1.82) is 0 Å². The number of hydrogen-bond acceptors (Lipinski definition) is 1. The maximum Gasteiger partial charge on any atom is 0.416 e. The quantitative estimate of drug-likeness (QED) is 0.830. The van der Waals surface area contributed by atoms with Gasteiger partial charge in [0.2, 0.25) is 0 Å². The summed E-state index contributed by atoms with van der Waals surface area (Å²) >= 11 is 0. The maximum absolute atomic E-state index is 12.6. The van der Waals surface area contributed by atoms with E-state index in [9.17, 15) is 18.0 Å². The predicted molar refractivity (Wildman–Crippen MR) is 62.2 cm³/mol. The van der Waals surface area contributed by atoms with Gasteiger partial charge in [-0.3, -0.25) is 4.79 Å². The topological polar surface area (TPSA) is 32.9 Å². The summed E-state index contributed by atoms with van der Waals surface area (Å²) in [4.78, 5) is 14.3. The van der Waals surface area contributed by atoms with Gasteiger partial charge >= 0.3 is 6.18 Å². The zero-order chi connectivity index (χ0) is 13.3. The third-order valence-electron chi connectivity index (χ3n) is 2.69. The van der Waals surface area contributed by atoms with Crippen LogP contribution in [0.5, 0.6) is 0 Å². The molecule has 2 nitrogen and oxygen atoms in total. The number of alkyl halides is 3. The van der Waals surface area contributed by atoms with Gasteiger partial charge in [-0.1, -0.05) is 12.1 Å². The summed E-state index contributed by atoms with van der Waals surface area (Å²) < 4.78 is 37.8. The molecule has 1 heterocycles. The summed E-state index contributed by atoms with van der Waals surface area (Å²) in [5, 5.41) is 0. The van der Waals surface area contributed by atoms with E-state index in [1.807, 2.05) is 0 Å². The van der Waals surface area contributed by atoms with Crippen LogP contribution in [0.25, 0.3) is 11.3 Å². The molecule has 0 aliphatic heterocycles. The average molecular weight is 253 g/mol. The molecule has 0 saturated heterocycles. The zero-order valence-electron chi connectivity index (χ0n) is 9.51. The van der Waals surface area contributed by atoms with Crippen LogP contribution in [0.3, 0.4) is 0 Å². The second-order valence-electron chi connectivity index (χ2n) is 3.92. The van der Waals surface area contributed by atoms with Crippen molar-refractivity contribution in [3.8, 4) is 11.3 Å². The van der Waals surface area contributed by atoms with E-state index in [0.717, 1.165) is 12.1 Å². The first kappa shape index (κ1) is 12.4. The van der Waals surface area contributed by atoms with Gasteiger partial charge in [-0.2, -0.15) is 13.2 Å². The number of H-pyrrole nitrogens is 1. The van der Waals surface area contributed by atoms with E-state index < -0.39 is 11.7 Å². The van der Waals surface area contributed by atoms with Crippen LogP contribution in [0, 0.1) is 6.92 Å². The number of pyridine rings is 1. The molecule has 0 aliphatic rings. The van der Waals surface area contributed by atoms with E-state index in [1.165, 1.54) is 24.4 Å². The van der Waals surface area contributed by atoms with E-state index in [1.54, 1.807) is 6.92 Å². The number of aromatic nitrogens is 1. The molecule has 2 aromatic rings. The molecule has 5 heteroatoms. The van der Waals surface area contributed by atoms with Crippen LogP contribution in [0.4, 0.5) is 13.2 Å². The molecule has 0 saturated carbocycles. The summed E-state index contributed by atoms with van der Waals surface area (Å²) in [7, 11) is 0. The van der Waals surface area contributed by atoms with Crippen LogP contribution in [-0.4, -0.2) is 4.98 Å². The van der Waals surface area contributed by atoms with E-state index in [4.69, 9.17) is 0 Å². The Morgan fingerprint density at radius 3 is 2.56 bits per heavy atom. The lowest BCUT2D eigenvalue weighted by Gasteiger charge is -2.10. The lowest BCUT2D eigenvalue weighted by Crippen LogP contribution is -2.07. The molecule has 0 spiro atoms. The molecule has 0 unspecified atom stereocenters. The zero-order valence-corrected chi connectivity index (χ0v) is 9.51. The van der Waals surface area contributed by atoms with E-state index in [0.29, 0.717) is 16.8 Å². The van der Waals surface area contributed by atoms with Crippen LogP contribution >= 0.6 is 0 Å². The lowest BCUT2D eigenvalue weighted by molar-refractivity contribution is -0.137. The first-order valence-electron chi connectivity index (χ1n) is 5.25. The summed E-state index contributed by atoms with van der Waals surface area (Å²) in [6.45, 7) is 1.58. The summed E-state index contributed by atoms with van der Waals surface area (Å²) in [6, 6.07) is 6.22. The minimum absolute atomic E-state index is 0.207. The largest absolute Gasteiger partial charge is 0.416 e. The van der Waals surface area contributed by atoms with E-state index >= 15 is 0 Å². The molecule has 0 radical (unpaired) electrons. The van der Waals surface area contributed by atoms with Crippen molar-refractivity contribution in [3.63, 3.8) is 0 Å². The predicted octanol–water partition coefficient (Wildman–Crippen LogP) is 3.37. The van der Waals surface area contributed by atoms with Crippen molar-refractivity contribution in [1.82, 2.24) is 4.98 Å². The van der Waals surface area contributed by atoms with Crippen LogP contribution in [0.2, 0.25) is 0 Å². The summed E-state index contributed by atoms with van der Waals surface area (Å²) in [6.07, 6.45) is -2.97. The van der Waals surface area contributed by atoms with Crippen molar-refractivity contribution in [2.45, 2.75) is 13.1 Å². The Hall–Kier alpha value is -2.04. The minimum atomic E-state index is -4.39. The van der Waals surface area contributed by atoms with Crippen molar-refractivity contribution in [2.24, 2.45) is 0 Å². The van der Waals surface area contributed by atoms with Crippen molar-refractivity contribution in [3.05, 3.63) is 57.9 Å². The standard InChI is InChI=1S/C13H10F3NO/c1-8-11(18)5-6-17-12(8)9-3-2-4-10(7-9)13(14,15)16/h2-7H,1H3,(H,17,18). The molecule has 0 bridgehead atoms. The van der Waals surface area contributed by atoms with Gasteiger partial charge in [0.05, 0.1) is 11.3 Å². The monoisotopic (exact) mass is 253 g/mol. The molecule has 0 fully saturated rings. The molecule has 2 rings (SSSR count). The Morgan fingerprint density at radius 2 is 1.89 bits per heavy atom. The van der Waals surface area contributed by atoms with Crippen LogP contribution in [-0.2, 0) is 6.18 Å². The molecule has 0 amide bonds. The highest BCUT2D eigenvalue weighted by molar-refractivity contribution is 5.63. The van der Waals surface area contributed by atoms with Gasteiger partial charge in [0, 0.05) is 17.8 Å². The van der Waals surface area contributed by atoms with Crippen molar-refractivity contribution < 1.29 is 13.2 Å².